The average molecular weight is 272 g/mol. The molecule has 18 heavy (non-hydrogen) atoms. The number of rotatable bonds is 8. The lowest BCUT2D eigenvalue weighted by Gasteiger charge is -2.20. The zero-order chi connectivity index (χ0) is 13.5. The van der Waals surface area contributed by atoms with E-state index < -0.39 is 0 Å². The van der Waals surface area contributed by atoms with Crippen LogP contribution < -0.4 is 11.0 Å². The Morgan fingerprint density at radius 1 is 1.44 bits per heavy atom. The highest BCUT2D eigenvalue weighted by Gasteiger charge is 2.15. The van der Waals surface area contributed by atoms with Crippen molar-refractivity contribution in [2.24, 2.45) is 5.92 Å². The number of aromatic nitrogens is 3. The van der Waals surface area contributed by atoms with Crippen molar-refractivity contribution in [2.45, 2.75) is 51.9 Å². The monoisotopic (exact) mass is 272 g/mol. The maximum Gasteiger partial charge on any atom is 0.343 e. The number of nitrogens with one attached hydrogen (secondary N) is 2. The highest BCUT2D eigenvalue weighted by Crippen LogP contribution is 2.17. The fraction of sp³-hybridized carbons (Fsp3) is 0.833. The molecule has 0 radical (unpaired) electrons. The molecule has 2 N–H and O–H groups in total. The number of nitrogens with zero attached hydrogens (tertiary/aromatic N) is 2. The molecule has 1 rings (SSSR count). The summed E-state index contributed by atoms with van der Waals surface area (Å²) in [6.07, 6.45) is 0.938. The summed E-state index contributed by atoms with van der Waals surface area (Å²) in [4.78, 5) is 11.6. The second-order valence-corrected chi connectivity index (χ2v) is 5.67. The number of H-pyrrole nitrogens is 1. The van der Waals surface area contributed by atoms with Gasteiger partial charge in [-0.15, -0.1) is 5.10 Å². The second kappa shape index (κ2) is 7.63. The van der Waals surface area contributed by atoms with Crippen LogP contribution in [-0.2, 0) is 6.54 Å². The van der Waals surface area contributed by atoms with Gasteiger partial charge < -0.3 is 5.32 Å². The van der Waals surface area contributed by atoms with E-state index >= 15 is 0 Å². The molecule has 0 aliphatic carbocycles. The van der Waals surface area contributed by atoms with Gasteiger partial charge in [-0.2, -0.15) is 0 Å². The maximum atomic E-state index is 11.6. The predicted octanol–water partition coefficient (Wildman–Crippen LogP) is 1.71. The predicted molar refractivity (Wildman–Crippen MR) is 76.2 cm³/mol. The van der Waals surface area contributed by atoms with Crippen molar-refractivity contribution in [1.29, 1.82) is 0 Å². The molecule has 0 bridgehead atoms. The Hall–Kier alpha value is -0.750. The van der Waals surface area contributed by atoms with E-state index in [4.69, 9.17) is 0 Å². The summed E-state index contributed by atoms with van der Waals surface area (Å²) in [7, 11) is 0. The highest BCUT2D eigenvalue weighted by atomic mass is 32.2. The van der Waals surface area contributed by atoms with E-state index in [2.05, 4.69) is 43.2 Å². The molecule has 0 aliphatic rings. The quantitative estimate of drug-likeness (QED) is 0.707. The molecule has 1 unspecified atom stereocenters. The number of hydrogen-bond donors (Lipinski definition) is 2. The largest absolute Gasteiger partial charge is 0.343 e. The molecular formula is C12H24N4OS. The number of hydrogen-bond acceptors (Lipinski definition) is 4. The van der Waals surface area contributed by atoms with Gasteiger partial charge in [0.2, 0.25) is 0 Å². The van der Waals surface area contributed by atoms with Gasteiger partial charge in [0, 0.05) is 18.3 Å². The second-order valence-electron chi connectivity index (χ2n) is 4.68. The van der Waals surface area contributed by atoms with Crippen LogP contribution >= 0.6 is 11.8 Å². The molecule has 0 amide bonds. The van der Waals surface area contributed by atoms with Gasteiger partial charge >= 0.3 is 5.69 Å². The van der Waals surface area contributed by atoms with Crippen LogP contribution in [0.4, 0.5) is 0 Å². The first-order valence-corrected chi connectivity index (χ1v) is 7.60. The molecule has 1 aromatic rings. The SMILES string of the molecule is CCCn1c(SCC(NCC)C(C)C)n[nH]c1=O. The molecule has 1 heterocycles. The van der Waals surface area contributed by atoms with Crippen LogP contribution in [0.5, 0.6) is 0 Å². The van der Waals surface area contributed by atoms with E-state index in [1.165, 1.54) is 0 Å². The van der Waals surface area contributed by atoms with Crippen molar-refractivity contribution in [1.82, 2.24) is 20.1 Å². The first-order chi connectivity index (χ1) is 8.60. The zero-order valence-corrected chi connectivity index (χ0v) is 12.5. The van der Waals surface area contributed by atoms with Crippen molar-refractivity contribution in [3.05, 3.63) is 10.5 Å². The molecule has 104 valence electrons. The lowest BCUT2D eigenvalue weighted by atomic mass is 10.1. The summed E-state index contributed by atoms with van der Waals surface area (Å²) < 4.78 is 1.72. The van der Waals surface area contributed by atoms with Gasteiger partial charge in [0.15, 0.2) is 5.16 Å². The highest BCUT2D eigenvalue weighted by molar-refractivity contribution is 7.99. The summed E-state index contributed by atoms with van der Waals surface area (Å²) in [6.45, 7) is 10.3. The summed E-state index contributed by atoms with van der Waals surface area (Å²) in [6, 6.07) is 0.446. The van der Waals surface area contributed by atoms with E-state index in [1.807, 2.05) is 0 Å². The first kappa shape index (κ1) is 15.3. The van der Waals surface area contributed by atoms with Gasteiger partial charge in [-0.1, -0.05) is 39.5 Å². The smallest absolute Gasteiger partial charge is 0.313 e. The van der Waals surface area contributed by atoms with Crippen LogP contribution in [0.25, 0.3) is 0 Å². The van der Waals surface area contributed by atoms with Crippen LogP contribution in [0.3, 0.4) is 0 Å². The normalized spacial score (nSPS) is 13.2. The Labute approximate surface area is 113 Å². The molecule has 1 atom stereocenters. The Bertz CT molecular complexity index is 399. The third-order valence-corrected chi connectivity index (χ3v) is 3.93. The minimum atomic E-state index is -0.108. The Balaban J connectivity index is 2.64. The fourth-order valence-electron chi connectivity index (χ4n) is 1.75. The topological polar surface area (TPSA) is 62.7 Å². The summed E-state index contributed by atoms with van der Waals surface area (Å²) >= 11 is 1.64. The number of aromatic amines is 1. The maximum absolute atomic E-state index is 11.6. The lowest BCUT2D eigenvalue weighted by Crippen LogP contribution is -2.35. The molecule has 0 aliphatic heterocycles. The average Bonchev–Trinajstić information content (AvgIpc) is 2.67. The number of thioether (sulfide) groups is 1. The lowest BCUT2D eigenvalue weighted by molar-refractivity contribution is 0.443. The van der Waals surface area contributed by atoms with Crippen molar-refractivity contribution in [3.8, 4) is 0 Å². The van der Waals surface area contributed by atoms with E-state index in [-0.39, 0.29) is 5.69 Å². The van der Waals surface area contributed by atoms with Crippen LogP contribution in [-0.4, -0.2) is 33.1 Å². The van der Waals surface area contributed by atoms with Gasteiger partial charge in [0.1, 0.15) is 0 Å². The van der Waals surface area contributed by atoms with Crippen molar-refractivity contribution in [3.63, 3.8) is 0 Å². The molecule has 6 heteroatoms. The van der Waals surface area contributed by atoms with Crippen molar-refractivity contribution < 1.29 is 0 Å². The van der Waals surface area contributed by atoms with Crippen LogP contribution in [0.2, 0.25) is 0 Å². The minimum Gasteiger partial charge on any atom is -0.313 e. The third kappa shape index (κ3) is 4.17. The molecule has 0 fully saturated rings. The van der Waals surface area contributed by atoms with E-state index in [9.17, 15) is 4.79 Å². The van der Waals surface area contributed by atoms with Gasteiger partial charge in [-0.05, 0) is 18.9 Å². The van der Waals surface area contributed by atoms with E-state index in [0.29, 0.717) is 12.0 Å². The minimum absolute atomic E-state index is 0.108. The first-order valence-electron chi connectivity index (χ1n) is 6.61. The van der Waals surface area contributed by atoms with E-state index in [1.54, 1.807) is 16.3 Å². The molecule has 0 saturated heterocycles. The van der Waals surface area contributed by atoms with Crippen molar-refractivity contribution >= 4 is 11.8 Å². The third-order valence-electron chi connectivity index (χ3n) is 2.83. The Kier molecular flexibility index (Phi) is 6.49. The molecule has 1 aromatic heterocycles. The Morgan fingerprint density at radius 3 is 2.72 bits per heavy atom. The van der Waals surface area contributed by atoms with Crippen LogP contribution in [0.1, 0.15) is 34.1 Å². The van der Waals surface area contributed by atoms with Gasteiger partial charge in [0.05, 0.1) is 0 Å². The van der Waals surface area contributed by atoms with Crippen LogP contribution in [0, 0.1) is 5.92 Å². The summed E-state index contributed by atoms with van der Waals surface area (Å²) in [5.41, 5.74) is -0.108. The molecule has 0 saturated carbocycles. The summed E-state index contributed by atoms with van der Waals surface area (Å²) in [5, 5.41) is 10.9. The zero-order valence-electron chi connectivity index (χ0n) is 11.7. The fourth-order valence-corrected chi connectivity index (χ4v) is 3.02. The molecule has 0 spiro atoms. The molecular weight excluding hydrogens is 248 g/mol. The van der Waals surface area contributed by atoms with Crippen LogP contribution in [0.15, 0.2) is 9.95 Å². The molecule has 5 nitrogen and oxygen atoms in total. The standard InChI is InChI=1S/C12H24N4OS/c1-5-7-16-11(17)14-15-12(16)18-8-10(9(3)4)13-6-2/h9-10,13H,5-8H2,1-4H3,(H,14,17). The van der Waals surface area contributed by atoms with Crippen molar-refractivity contribution in [2.75, 3.05) is 12.3 Å². The van der Waals surface area contributed by atoms with Gasteiger partial charge in [-0.3, -0.25) is 4.57 Å². The van der Waals surface area contributed by atoms with Gasteiger partial charge in [0.25, 0.3) is 0 Å². The molecule has 0 aromatic carbocycles. The van der Waals surface area contributed by atoms with Gasteiger partial charge in [-0.25, -0.2) is 9.89 Å². The van der Waals surface area contributed by atoms with E-state index in [0.717, 1.165) is 30.4 Å². The Morgan fingerprint density at radius 2 is 2.17 bits per heavy atom. The summed E-state index contributed by atoms with van der Waals surface area (Å²) in [5.74, 6) is 1.50.